The van der Waals surface area contributed by atoms with Gasteiger partial charge in [0.15, 0.2) is 0 Å². The fourth-order valence-electron chi connectivity index (χ4n) is 1.60. The number of carboxylic acids is 2. The molecule has 0 fully saturated rings. The number of rotatable bonds is 6. The van der Waals surface area contributed by atoms with Crippen LogP contribution in [0, 0.1) is 0 Å². The maximum atomic E-state index is 12.1. The monoisotopic (exact) mass is 317 g/mol. The smallest absolute Gasteiger partial charge is 0.344 e. The van der Waals surface area contributed by atoms with Crippen molar-refractivity contribution in [1.82, 2.24) is 4.90 Å². The van der Waals surface area contributed by atoms with Crippen LogP contribution < -0.4 is 0 Å². The maximum absolute atomic E-state index is 12.1. The Kier molecular flexibility index (Phi) is 5.20. The molecule has 0 atom stereocenters. The lowest BCUT2D eigenvalue weighted by Crippen LogP contribution is -2.37. The molecule has 1 aromatic carbocycles. The van der Waals surface area contributed by atoms with Crippen molar-refractivity contribution in [3.05, 3.63) is 35.4 Å². The Morgan fingerprint density at radius 2 is 1.57 bits per heavy atom. The molecule has 0 aromatic heterocycles. The number of carbonyl (C=O) groups excluding carboxylic acids is 1. The molecule has 1 rings (SSSR count). The summed E-state index contributed by atoms with van der Waals surface area (Å²) in [7, 11) is -4.70. The van der Waals surface area contributed by atoms with Gasteiger partial charge in [-0.05, 0) is 12.1 Å². The second-order valence-electron chi connectivity index (χ2n) is 4.05. The summed E-state index contributed by atoms with van der Waals surface area (Å²) in [6.45, 7) is -0.960. The first kappa shape index (κ1) is 16.8. The highest BCUT2D eigenvalue weighted by atomic mass is 31.2. The highest BCUT2D eigenvalue weighted by molar-refractivity contribution is 7.51. The lowest BCUT2D eigenvalue weighted by Gasteiger charge is -2.21. The van der Waals surface area contributed by atoms with Crippen molar-refractivity contribution < 1.29 is 38.9 Å². The van der Waals surface area contributed by atoms with E-state index >= 15 is 0 Å². The van der Waals surface area contributed by atoms with Gasteiger partial charge in [-0.3, -0.25) is 14.2 Å². The molecule has 0 aliphatic rings. The number of carbonyl (C=O) groups is 3. The van der Waals surface area contributed by atoms with Crippen LogP contribution in [0.3, 0.4) is 0 Å². The average Bonchev–Trinajstić information content (AvgIpc) is 2.34. The van der Waals surface area contributed by atoms with Gasteiger partial charge in [-0.15, -0.1) is 0 Å². The SMILES string of the molecule is O=C(O)CN(CP(=O)(O)O)C(=O)c1ccccc1C(=O)O. The van der Waals surface area contributed by atoms with Crippen LogP contribution in [-0.4, -0.2) is 55.6 Å². The molecule has 0 radical (unpaired) electrons. The number of aromatic carboxylic acids is 1. The van der Waals surface area contributed by atoms with Gasteiger partial charge in [-0.25, -0.2) is 4.79 Å². The van der Waals surface area contributed by atoms with Crippen molar-refractivity contribution >= 4 is 25.4 Å². The molecule has 1 amide bonds. The minimum Gasteiger partial charge on any atom is -0.480 e. The standard InChI is InChI=1S/C11H12NO8P/c13-9(14)5-12(6-21(18,19)20)10(15)7-3-1-2-4-8(7)11(16)17/h1-4H,5-6H2,(H,13,14)(H,16,17)(H2,18,19,20). The molecule has 0 aliphatic heterocycles. The molecule has 1 aromatic rings. The third-order valence-electron chi connectivity index (χ3n) is 2.36. The van der Waals surface area contributed by atoms with Crippen LogP contribution in [0.4, 0.5) is 0 Å². The fraction of sp³-hybridized carbons (Fsp3) is 0.182. The number of hydrogen-bond acceptors (Lipinski definition) is 4. The van der Waals surface area contributed by atoms with E-state index in [0.717, 1.165) is 12.1 Å². The number of carboxylic acid groups (broad SMARTS) is 2. The minimum absolute atomic E-state index is 0.347. The van der Waals surface area contributed by atoms with Crippen LogP contribution in [0.15, 0.2) is 24.3 Å². The van der Waals surface area contributed by atoms with Crippen LogP contribution in [0.5, 0.6) is 0 Å². The molecule has 9 nitrogen and oxygen atoms in total. The van der Waals surface area contributed by atoms with Gasteiger partial charge in [-0.2, -0.15) is 0 Å². The highest BCUT2D eigenvalue weighted by Crippen LogP contribution is 2.35. The van der Waals surface area contributed by atoms with E-state index in [9.17, 15) is 18.9 Å². The summed E-state index contributed by atoms with van der Waals surface area (Å²) in [4.78, 5) is 52.0. The summed E-state index contributed by atoms with van der Waals surface area (Å²) in [5.41, 5.74) is -0.733. The summed E-state index contributed by atoms with van der Waals surface area (Å²) in [6, 6.07) is 4.99. The molecule has 0 heterocycles. The topological polar surface area (TPSA) is 152 Å². The first-order valence-electron chi connectivity index (χ1n) is 5.50. The fourth-order valence-corrected chi connectivity index (χ4v) is 2.27. The summed E-state index contributed by atoms with van der Waals surface area (Å²) in [6.07, 6.45) is -1.12. The molecule has 21 heavy (non-hydrogen) atoms. The number of hydrogen-bond donors (Lipinski definition) is 4. The average molecular weight is 317 g/mol. The molecule has 10 heteroatoms. The normalized spacial score (nSPS) is 11.0. The molecule has 0 aliphatic carbocycles. The maximum Gasteiger partial charge on any atom is 0.344 e. The molecule has 0 bridgehead atoms. The van der Waals surface area contributed by atoms with Gasteiger partial charge in [0.05, 0.1) is 11.1 Å². The van der Waals surface area contributed by atoms with Crippen molar-refractivity contribution in [2.24, 2.45) is 0 Å². The Hall–Kier alpha value is -2.22. The van der Waals surface area contributed by atoms with Crippen molar-refractivity contribution in [1.29, 1.82) is 0 Å². The molecule has 0 saturated heterocycles. The van der Waals surface area contributed by atoms with E-state index in [-0.39, 0.29) is 11.1 Å². The number of aliphatic carboxylic acids is 1. The van der Waals surface area contributed by atoms with Crippen LogP contribution in [0.1, 0.15) is 20.7 Å². The zero-order valence-corrected chi connectivity index (χ0v) is 11.4. The largest absolute Gasteiger partial charge is 0.480 e. The molecule has 0 spiro atoms. The number of nitrogens with zero attached hydrogens (tertiary/aromatic N) is 1. The van der Waals surface area contributed by atoms with Crippen molar-refractivity contribution in [3.63, 3.8) is 0 Å². The predicted octanol–water partition coefficient (Wildman–Crippen LogP) is 0.0468. The van der Waals surface area contributed by atoms with Gasteiger partial charge in [-0.1, -0.05) is 12.1 Å². The lowest BCUT2D eigenvalue weighted by molar-refractivity contribution is -0.137. The van der Waals surface area contributed by atoms with Crippen molar-refractivity contribution in [2.75, 3.05) is 12.8 Å². The third-order valence-corrected chi connectivity index (χ3v) is 3.07. The molecule has 0 unspecified atom stereocenters. The van der Waals surface area contributed by atoms with E-state index in [2.05, 4.69) is 0 Å². The molecule has 114 valence electrons. The first-order chi connectivity index (χ1) is 9.61. The van der Waals surface area contributed by atoms with E-state index < -0.39 is 38.3 Å². The Morgan fingerprint density at radius 1 is 1.05 bits per heavy atom. The van der Waals surface area contributed by atoms with Gasteiger partial charge in [0.2, 0.25) is 0 Å². The minimum atomic E-state index is -4.70. The number of amides is 1. The second-order valence-corrected chi connectivity index (χ2v) is 5.67. The van der Waals surface area contributed by atoms with Gasteiger partial charge in [0.1, 0.15) is 12.8 Å². The van der Waals surface area contributed by atoms with Gasteiger partial charge < -0.3 is 24.9 Å². The zero-order chi connectivity index (χ0) is 16.2. The summed E-state index contributed by atoms with van der Waals surface area (Å²) in [5, 5.41) is 17.7. The van der Waals surface area contributed by atoms with Crippen LogP contribution in [-0.2, 0) is 9.36 Å². The summed E-state index contributed by atoms with van der Waals surface area (Å²) < 4.78 is 11.0. The van der Waals surface area contributed by atoms with Crippen molar-refractivity contribution in [3.8, 4) is 0 Å². The lowest BCUT2D eigenvalue weighted by atomic mass is 10.1. The van der Waals surface area contributed by atoms with Gasteiger partial charge in [0, 0.05) is 0 Å². The molecular weight excluding hydrogens is 305 g/mol. The Morgan fingerprint density at radius 3 is 2.00 bits per heavy atom. The van der Waals surface area contributed by atoms with E-state index in [1.807, 2.05) is 0 Å². The van der Waals surface area contributed by atoms with Crippen molar-refractivity contribution in [2.45, 2.75) is 0 Å². The van der Waals surface area contributed by atoms with E-state index in [0.29, 0.717) is 4.90 Å². The van der Waals surface area contributed by atoms with Crippen LogP contribution in [0.25, 0.3) is 0 Å². The van der Waals surface area contributed by atoms with Crippen LogP contribution >= 0.6 is 7.60 Å². The number of benzene rings is 1. The quantitative estimate of drug-likeness (QED) is 0.537. The first-order valence-corrected chi connectivity index (χ1v) is 7.29. The Labute approximate surface area is 118 Å². The Balaban J connectivity index is 3.19. The molecule has 4 N–H and O–H groups in total. The van der Waals surface area contributed by atoms with Crippen LogP contribution in [0.2, 0.25) is 0 Å². The van der Waals surface area contributed by atoms with E-state index in [1.54, 1.807) is 0 Å². The predicted molar refractivity (Wildman–Crippen MR) is 69.0 cm³/mol. The van der Waals surface area contributed by atoms with E-state index in [1.165, 1.54) is 12.1 Å². The zero-order valence-electron chi connectivity index (χ0n) is 10.5. The molecule has 0 saturated carbocycles. The highest BCUT2D eigenvalue weighted by Gasteiger charge is 2.28. The Bertz CT molecular complexity index is 622. The second kappa shape index (κ2) is 6.49. The third kappa shape index (κ3) is 4.99. The van der Waals surface area contributed by atoms with E-state index in [4.69, 9.17) is 20.0 Å². The van der Waals surface area contributed by atoms with Gasteiger partial charge >= 0.3 is 19.5 Å². The van der Waals surface area contributed by atoms with Gasteiger partial charge in [0.25, 0.3) is 5.91 Å². The summed E-state index contributed by atoms with van der Waals surface area (Å²) >= 11 is 0. The summed E-state index contributed by atoms with van der Waals surface area (Å²) in [5.74, 6) is -3.98. The molecular formula is C11H12NO8P.